The number of nitrogens with one attached hydrogen (secondary N) is 1. The predicted octanol–water partition coefficient (Wildman–Crippen LogP) is 3.45. The number of piperidine rings is 1. The molecule has 4 heteroatoms. The average Bonchev–Trinajstić information content (AvgIpc) is 2.51. The van der Waals surface area contributed by atoms with Gasteiger partial charge in [0, 0.05) is 35.9 Å². The Labute approximate surface area is 138 Å². The number of benzene rings is 1. The van der Waals surface area contributed by atoms with E-state index in [9.17, 15) is 5.11 Å². The summed E-state index contributed by atoms with van der Waals surface area (Å²) in [5, 5.41) is 14.2. The smallest absolute Gasteiger partial charge is 0.0546 e. The van der Waals surface area contributed by atoms with Crippen LogP contribution in [0.1, 0.15) is 39.0 Å². The van der Waals surface area contributed by atoms with Crippen molar-refractivity contribution < 1.29 is 5.11 Å². The van der Waals surface area contributed by atoms with E-state index in [1.165, 1.54) is 18.5 Å². The van der Waals surface area contributed by atoms with E-state index in [-0.39, 0.29) is 6.10 Å². The standard InChI is InChI=1S/C18H27ClN2O/c1-2-18(13-11-17(22)12-13)20-15-7-9-21(10-8-15)16-5-3-14(19)4-6-16/h3-6,13,15,17-18,20,22H,2,7-12H2,1H3/t13?,17?,18-/m0/s1. The second-order valence-electron chi connectivity index (χ2n) is 6.80. The van der Waals surface area contributed by atoms with Crippen molar-refractivity contribution >= 4 is 17.3 Å². The molecule has 1 saturated heterocycles. The quantitative estimate of drug-likeness (QED) is 0.871. The Bertz CT molecular complexity index is 464. The summed E-state index contributed by atoms with van der Waals surface area (Å²) in [6.45, 7) is 4.46. The number of aliphatic hydroxyl groups excluding tert-OH is 1. The fraction of sp³-hybridized carbons (Fsp3) is 0.667. The third kappa shape index (κ3) is 3.76. The summed E-state index contributed by atoms with van der Waals surface area (Å²) in [6, 6.07) is 9.36. The van der Waals surface area contributed by atoms with Crippen LogP contribution in [0.2, 0.25) is 5.02 Å². The summed E-state index contributed by atoms with van der Waals surface area (Å²) in [7, 11) is 0. The predicted molar refractivity (Wildman–Crippen MR) is 92.6 cm³/mol. The molecule has 2 aliphatic rings. The summed E-state index contributed by atoms with van der Waals surface area (Å²) in [5.41, 5.74) is 1.28. The zero-order valence-electron chi connectivity index (χ0n) is 13.3. The number of aliphatic hydroxyl groups is 1. The van der Waals surface area contributed by atoms with E-state index in [1.54, 1.807) is 0 Å². The fourth-order valence-corrected chi connectivity index (χ4v) is 3.93. The van der Waals surface area contributed by atoms with E-state index in [0.717, 1.165) is 37.4 Å². The van der Waals surface area contributed by atoms with Gasteiger partial charge in [-0.05, 0) is 62.3 Å². The van der Waals surface area contributed by atoms with Crippen LogP contribution in [0.15, 0.2) is 24.3 Å². The lowest BCUT2D eigenvalue weighted by molar-refractivity contribution is 0.0209. The molecule has 0 amide bonds. The number of nitrogens with zero attached hydrogens (tertiary/aromatic N) is 1. The van der Waals surface area contributed by atoms with Crippen LogP contribution in [0.25, 0.3) is 0 Å². The van der Waals surface area contributed by atoms with Crippen molar-refractivity contribution in [3.8, 4) is 0 Å². The summed E-state index contributed by atoms with van der Waals surface area (Å²) in [4.78, 5) is 2.45. The number of hydrogen-bond donors (Lipinski definition) is 2. The van der Waals surface area contributed by atoms with Gasteiger partial charge >= 0.3 is 0 Å². The largest absolute Gasteiger partial charge is 0.393 e. The van der Waals surface area contributed by atoms with Crippen LogP contribution in [-0.2, 0) is 0 Å². The molecule has 0 radical (unpaired) electrons. The molecule has 1 heterocycles. The maximum Gasteiger partial charge on any atom is 0.0546 e. The van der Waals surface area contributed by atoms with Crippen LogP contribution >= 0.6 is 11.6 Å². The molecular weight excluding hydrogens is 296 g/mol. The van der Waals surface area contributed by atoms with Crippen LogP contribution in [-0.4, -0.2) is 36.4 Å². The monoisotopic (exact) mass is 322 g/mol. The van der Waals surface area contributed by atoms with E-state index in [1.807, 2.05) is 12.1 Å². The van der Waals surface area contributed by atoms with E-state index in [0.29, 0.717) is 18.0 Å². The molecule has 1 aliphatic heterocycles. The van der Waals surface area contributed by atoms with Crippen LogP contribution in [0, 0.1) is 5.92 Å². The van der Waals surface area contributed by atoms with E-state index >= 15 is 0 Å². The molecule has 3 nitrogen and oxygen atoms in total. The van der Waals surface area contributed by atoms with Crippen molar-refractivity contribution in [2.75, 3.05) is 18.0 Å². The fourth-order valence-electron chi connectivity index (χ4n) is 3.80. The summed E-state index contributed by atoms with van der Waals surface area (Å²) < 4.78 is 0. The molecule has 22 heavy (non-hydrogen) atoms. The van der Waals surface area contributed by atoms with Crippen molar-refractivity contribution in [2.45, 2.75) is 57.2 Å². The van der Waals surface area contributed by atoms with E-state index in [4.69, 9.17) is 11.6 Å². The Hall–Kier alpha value is -0.770. The molecule has 1 atom stereocenters. The van der Waals surface area contributed by atoms with E-state index in [2.05, 4.69) is 29.3 Å². The SMILES string of the molecule is CC[C@H](NC1CCN(c2ccc(Cl)cc2)CC1)C1CC(O)C1. The highest BCUT2D eigenvalue weighted by atomic mass is 35.5. The molecule has 0 unspecified atom stereocenters. The molecule has 1 aromatic rings. The molecule has 0 aromatic heterocycles. The Balaban J connectivity index is 1.48. The maximum atomic E-state index is 9.51. The van der Waals surface area contributed by atoms with Crippen LogP contribution in [0.5, 0.6) is 0 Å². The minimum absolute atomic E-state index is 0.0485. The zero-order chi connectivity index (χ0) is 15.5. The molecule has 0 bridgehead atoms. The molecule has 1 aliphatic carbocycles. The average molecular weight is 323 g/mol. The van der Waals surface area contributed by atoms with Gasteiger partial charge in [0.2, 0.25) is 0 Å². The van der Waals surface area contributed by atoms with Crippen LogP contribution in [0.3, 0.4) is 0 Å². The van der Waals surface area contributed by atoms with Crippen LogP contribution < -0.4 is 10.2 Å². The zero-order valence-corrected chi connectivity index (χ0v) is 14.1. The second kappa shape index (κ2) is 7.20. The van der Waals surface area contributed by atoms with Crippen LogP contribution in [0.4, 0.5) is 5.69 Å². The number of halogens is 1. The van der Waals surface area contributed by atoms with Gasteiger partial charge in [-0.25, -0.2) is 0 Å². The highest BCUT2D eigenvalue weighted by molar-refractivity contribution is 6.30. The first-order valence-corrected chi connectivity index (χ1v) is 8.98. The minimum Gasteiger partial charge on any atom is -0.393 e. The van der Waals surface area contributed by atoms with Crippen molar-refractivity contribution in [3.05, 3.63) is 29.3 Å². The Morgan fingerprint density at radius 1 is 1.23 bits per heavy atom. The molecular formula is C18H27ClN2O. The molecule has 0 spiro atoms. The first kappa shape index (κ1) is 16.1. The first-order valence-electron chi connectivity index (χ1n) is 8.60. The molecule has 122 valence electrons. The summed E-state index contributed by atoms with van der Waals surface area (Å²) in [5.74, 6) is 0.675. The van der Waals surface area contributed by atoms with Crippen molar-refractivity contribution in [3.63, 3.8) is 0 Å². The van der Waals surface area contributed by atoms with Crippen molar-refractivity contribution in [1.82, 2.24) is 5.32 Å². The second-order valence-corrected chi connectivity index (χ2v) is 7.24. The summed E-state index contributed by atoms with van der Waals surface area (Å²) in [6.07, 6.45) is 5.45. The molecule has 2 N–H and O–H groups in total. The topological polar surface area (TPSA) is 35.5 Å². The Morgan fingerprint density at radius 3 is 2.41 bits per heavy atom. The molecule has 1 aromatic carbocycles. The van der Waals surface area contributed by atoms with Gasteiger partial charge in [0.05, 0.1) is 6.10 Å². The maximum absolute atomic E-state index is 9.51. The van der Waals surface area contributed by atoms with Crippen molar-refractivity contribution in [1.29, 1.82) is 0 Å². The molecule has 1 saturated carbocycles. The minimum atomic E-state index is -0.0485. The highest BCUT2D eigenvalue weighted by Gasteiger charge is 2.34. The number of hydrogen-bond acceptors (Lipinski definition) is 3. The summed E-state index contributed by atoms with van der Waals surface area (Å²) >= 11 is 5.96. The lowest BCUT2D eigenvalue weighted by Gasteiger charge is -2.41. The number of rotatable bonds is 5. The van der Waals surface area contributed by atoms with Gasteiger partial charge in [-0.15, -0.1) is 0 Å². The van der Waals surface area contributed by atoms with Gasteiger partial charge in [0.15, 0.2) is 0 Å². The van der Waals surface area contributed by atoms with Gasteiger partial charge in [0.1, 0.15) is 0 Å². The third-order valence-corrected chi connectivity index (χ3v) is 5.55. The van der Waals surface area contributed by atoms with Gasteiger partial charge in [-0.1, -0.05) is 18.5 Å². The lowest BCUT2D eigenvalue weighted by Crippen LogP contribution is -2.51. The lowest BCUT2D eigenvalue weighted by atomic mass is 9.76. The van der Waals surface area contributed by atoms with Gasteiger partial charge in [-0.3, -0.25) is 0 Å². The molecule has 2 fully saturated rings. The van der Waals surface area contributed by atoms with Gasteiger partial charge in [-0.2, -0.15) is 0 Å². The third-order valence-electron chi connectivity index (χ3n) is 5.30. The Morgan fingerprint density at radius 2 is 1.86 bits per heavy atom. The first-order chi connectivity index (χ1) is 10.7. The number of anilines is 1. The normalized spacial score (nSPS) is 27.5. The molecule has 3 rings (SSSR count). The van der Waals surface area contributed by atoms with Gasteiger partial charge < -0.3 is 15.3 Å². The van der Waals surface area contributed by atoms with Gasteiger partial charge in [0.25, 0.3) is 0 Å². The Kier molecular flexibility index (Phi) is 5.27. The van der Waals surface area contributed by atoms with Crippen molar-refractivity contribution in [2.24, 2.45) is 5.92 Å². The highest BCUT2D eigenvalue weighted by Crippen LogP contribution is 2.32. The van der Waals surface area contributed by atoms with E-state index < -0.39 is 0 Å².